The van der Waals surface area contributed by atoms with E-state index in [4.69, 9.17) is 21.1 Å². The van der Waals surface area contributed by atoms with Crippen molar-refractivity contribution in [2.24, 2.45) is 4.99 Å². The van der Waals surface area contributed by atoms with Gasteiger partial charge in [0.15, 0.2) is 4.80 Å². The lowest BCUT2D eigenvalue weighted by atomic mass is 10.2. The predicted molar refractivity (Wildman–Crippen MR) is 120 cm³/mol. The van der Waals surface area contributed by atoms with Crippen LogP contribution < -0.4 is 9.54 Å². The van der Waals surface area contributed by atoms with E-state index in [0.29, 0.717) is 32.6 Å². The van der Waals surface area contributed by atoms with Crippen molar-refractivity contribution in [2.45, 2.75) is 13.5 Å². The number of hydrogen-bond donors (Lipinski definition) is 0. The Labute approximate surface area is 185 Å². The van der Waals surface area contributed by atoms with Crippen LogP contribution in [0, 0.1) is 0 Å². The number of fused-ring (bicyclic) bond motifs is 2. The van der Waals surface area contributed by atoms with Crippen molar-refractivity contribution in [3.8, 4) is 5.75 Å². The summed E-state index contributed by atoms with van der Waals surface area (Å²) in [5.41, 5.74) is 0.698. The minimum atomic E-state index is -0.454. The van der Waals surface area contributed by atoms with E-state index in [1.54, 1.807) is 4.57 Å². The van der Waals surface area contributed by atoms with Crippen LogP contribution in [0.5, 0.6) is 5.75 Å². The molecule has 2 aromatic carbocycles. The Morgan fingerprint density at radius 2 is 1.87 bits per heavy atom. The van der Waals surface area contributed by atoms with Gasteiger partial charge in [0.25, 0.3) is 5.91 Å². The highest BCUT2D eigenvalue weighted by atomic mass is 35.5. The van der Waals surface area contributed by atoms with Crippen LogP contribution in [-0.2, 0) is 16.1 Å². The first-order valence-corrected chi connectivity index (χ1v) is 11.1. The molecular weight excluding hydrogens is 444 g/mol. The molecule has 1 amide bonds. The van der Waals surface area contributed by atoms with Crippen LogP contribution in [0.2, 0.25) is 5.02 Å². The first kappa shape index (κ1) is 20.6. The largest absolute Gasteiger partial charge is 0.492 e. The maximum absolute atomic E-state index is 13.0. The van der Waals surface area contributed by atoms with Gasteiger partial charge in [-0.3, -0.25) is 9.59 Å². The molecule has 0 aliphatic carbocycles. The number of benzene rings is 2. The molecule has 0 saturated heterocycles. The average Bonchev–Trinajstić information content (AvgIpc) is 3.27. The predicted octanol–water partition coefficient (Wildman–Crippen LogP) is 4.88. The summed E-state index contributed by atoms with van der Waals surface area (Å²) in [4.78, 5) is 30.1. The van der Waals surface area contributed by atoms with Crippen LogP contribution in [0.3, 0.4) is 0 Å². The van der Waals surface area contributed by atoms with Gasteiger partial charge in [0.2, 0.25) is 0 Å². The SMILES string of the molecule is CCOc1cccc2sc(=NC(=O)c3sc4ccccc4c3Cl)n(CC(=O)OC)c12. The van der Waals surface area contributed by atoms with Gasteiger partial charge in [0, 0.05) is 10.1 Å². The number of thiazole rings is 1. The fraction of sp³-hybridized carbons (Fsp3) is 0.190. The van der Waals surface area contributed by atoms with Gasteiger partial charge < -0.3 is 14.0 Å². The molecule has 4 rings (SSSR count). The monoisotopic (exact) mass is 460 g/mol. The molecule has 4 aromatic rings. The third-order valence-electron chi connectivity index (χ3n) is 4.41. The molecule has 9 heteroatoms. The topological polar surface area (TPSA) is 69.9 Å². The zero-order valence-electron chi connectivity index (χ0n) is 16.2. The Morgan fingerprint density at radius 1 is 1.10 bits per heavy atom. The van der Waals surface area contributed by atoms with E-state index >= 15 is 0 Å². The summed E-state index contributed by atoms with van der Waals surface area (Å²) in [7, 11) is 1.32. The maximum Gasteiger partial charge on any atom is 0.325 e. The summed E-state index contributed by atoms with van der Waals surface area (Å²) in [6.45, 7) is 2.26. The average molecular weight is 461 g/mol. The molecule has 30 heavy (non-hydrogen) atoms. The quantitative estimate of drug-likeness (QED) is 0.398. The number of methoxy groups -OCH3 is 1. The Bertz CT molecular complexity index is 1340. The smallest absolute Gasteiger partial charge is 0.325 e. The number of ether oxygens (including phenoxy) is 2. The van der Waals surface area contributed by atoms with Gasteiger partial charge in [-0.25, -0.2) is 0 Å². The number of amides is 1. The highest BCUT2D eigenvalue weighted by molar-refractivity contribution is 7.21. The minimum absolute atomic E-state index is 0.0904. The van der Waals surface area contributed by atoms with Crippen molar-refractivity contribution >= 4 is 66.5 Å². The fourth-order valence-corrected chi connectivity index (χ4v) is 5.53. The number of rotatable bonds is 5. The van der Waals surface area contributed by atoms with Crippen LogP contribution in [0.4, 0.5) is 0 Å². The zero-order chi connectivity index (χ0) is 21.3. The molecule has 2 aromatic heterocycles. The molecule has 0 saturated carbocycles. The summed E-state index contributed by atoms with van der Waals surface area (Å²) in [6.07, 6.45) is 0. The molecule has 0 N–H and O–H groups in total. The van der Waals surface area contributed by atoms with Crippen molar-refractivity contribution in [2.75, 3.05) is 13.7 Å². The molecule has 2 heterocycles. The molecule has 0 spiro atoms. The van der Waals surface area contributed by atoms with Crippen LogP contribution in [0.15, 0.2) is 47.5 Å². The maximum atomic E-state index is 13.0. The second-order valence-corrected chi connectivity index (χ2v) is 8.68. The molecule has 0 aliphatic rings. The number of thiophene rings is 1. The molecule has 0 unspecified atom stereocenters. The molecule has 0 bridgehead atoms. The van der Waals surface area contributed by atoms with Gasteiger partial charge in [0.05, 0.1) is 23.4 Å². The Morgan fingerprint density at radius 3 is 2.60 bits per heavy atom. The number of halogens is 1. The number of para-hydroxylation sites is 1. The van der Waals surface area contributed by atoms with Gasteiger partial charge in [0.1, 0.15) is 22.7 Å². The fourth-order valence-electron chi connectivity index (χ4n) is 3.08. The number of hydrogen-bond acceptors (Lipinski definition) is 6. The molecule has 6 nitrogen and oxygen atoms in total. The second-order valence-electron chi connectivity index (χ2n) is 6.24. The van der Waals surface area contributed by atoms with Crippen molar-refractivity contribution < 1.29 is 19.1 Å². The first-order chi connectivity index (χ1) is 14.5. The number of carbonyl (C=O) groups excluding carboxylic acids is 2. The number of aromatic nitrogens is 1. The lowest BCUT2D eigenvalue weighted by Crippen LogP contribution is -2.22. The second kappa shape index (κ2) is 8.59. The zero-order valence-corrected chi connectivity index (χ0v) is 18.6. The third-order valence-corrected chi connectivity index (χ3v) is 7.11. The standard InChI is InChI=1S/C21H17ClN2O4S2/c1-3-28-13-8-6-10-15-18(13)24(11-16(25)27-2)21(30-15)23-20(26)19-17(22)12-7-4-5-9-14(12)29-19/h4-10H,3,11H2,1-2H3. The lowest BCUT2D eigenvalue weighted by molar-refractivity contribution is -0.141. The van der Waals surface area contributed by atoms with Gasteiger partial charge in [-0.05, 0) is 25.1 Å². The van der Waals surface area contributed by atoms with Gasteiger partial charge in [-0.2, -0.15) is 4.99 Å². The Kier molecular flexibility index (Phi) is 5.90. The molecule has 0 radical (unpaired) electrons. The van der Waals surface area contributed by atoms with Crippen molar-refractivity contribution in [1.82, 2.24) is 4.57 Å². The Balaban J connectivity index is 1.90. The first-order valence-electron chi connectivity index (χ1n) is 9.11. The lowest BCUT2D eigenvalue weighted by Gasteiger charge is -2.08. The van der Waals surface area contributed by atoms with Gasteiger partial charge in [-0.15, -0.1) is 11.3 Å². The normalized spacial score (nSPS) is 11.9. The van der Waals surface area contributed by atoms with E-state index in [9.17, 15) is 9.59 Å². The van der Waals surface area contributed by atoms with E-state index in [1.165, 1.54) is 29.8 Å². The van der Waals surface area contributed by atoms with Gasteiger partial charge in [-0.1, -0.05) is 47.2 Å². The van der Waals surface area contributed by atoms with Crippen molar-refractivity contribution in [3.05, 3.63) is 57.2 Å². The highest BCUT2D eigenvalue weighted by Crippen LogP contribution is 2.35. The molecular formula is C21H17ClN2O4S2. The van der Waals surface area contributed by atoms with Gasteiger partial charge >= 0.3 is 5.97 Å². The number of carbonyl (C=O) groups is 2. The third kappa shape index (κ3) is 3.74. The molecule has 0 fully saturated rings. The molecule has 154 valence electrons. The summed E-state index contributed by atoms with van der Waals surface area (Å²) < 4.78 is 14.0. The summed E-state index contributed by atoms with van der Waals surface area (Å²) in [6, 6.07) is 13.1. The van der Waals surface area contributed by atoms with Crippen molar-refractivity contribution in [1.29, 1.82) is 0 Å². The Hall–Kier alpha value is -2.68. The van der Waals surface area contributed by atoms with E-state index in [1.807, 2.05) is 49.4 Å². The molecule has 0 aliphatic heterocycles. The van der Waals surface area contributed by atoms with Crippen LogP contribution in [-0.4, -0.2) is 30.2 Å². The number of nitrogens with zero attached hydrogens (tertiary/aromatic N) is 2. The van der Waals surface area contributed by atoms with Crippen LogP contribution in [0.25, 0.3) is 20.3 Å². The highest BCUT2D eigenvalue weighted by Gasteiger charge is 2.19. The summed E-state index contributed by atoms with van der Waals surface area (Å²) in [5.74, 6) is -0.289. The number of esters is 1. The van der Waals surface area contributed by atoms with E-state index in [0.717, 1.165) is 14.8 Å². The van der Waals surface area contributed by atoms with E-state index in [-0.39, 0.29) is 6.54 Å². The minimum Gasteiger partial charge on any atom is -0.492 e. The van der Waals surface area contributed by atoms with Crippen molar-refractivity contribution in [3.63, 3.8) is 0 Å². The van der Waals surface area contributed by atoms with Crippen LogP contribution >= 0.6 is 34.3 Å². The molecule has 0 atom stereocenters. The van der Waals surface area contributed by atoms with E-state index in [2.05, 4.69) is 4.99 Å². The van der Waals surface area contributed by atoms with E-state index < -0.39 is 11.9 Å². The summed E-state index contributed by atoms with van der Waals surface area (Å²) >= 11 is 9.04. The van der Waals surface area contributed by atoms with Crippen LogP contribution in [0.1, 0.15) is 16.6 Å². The summed E-state index contributed by atoms with van der Waals surface area (Å²) in [5, 5.41) is 1.21.